The van der Waals surface area contributed by atoms with Crippen LogP contribution in [0.1, 0.15) is 31.4 Å². The Labute approximate surface area is 220 Å². The van der Waals surface area contributed by atoms with E-state index in [0.717, 1.165) is 10.5 Å². The fourth-order valence-corrected chi connectivity index (χ4v) is 4.85. The first-order valence-electron chi connectivity index (χ1n) is 11.5. The van der Waals surface area contributed by atoms with Crippen LogP contribution < -0.4 is 9.47 Å². The van der Waals surface area contributed by atoms with E-state index in [0.29, 0.717) is 5.56 Å². The monoisotopic (exact) mass is 545 g/mol. The normalized spacial score (nSPS) is 17.3. The molecular formula is C26H27NO10S. The number of amides is 1. The Morgan fingerprint density at radius 2 is 1.58 bits per heavy atom. The zero-order chi connectivity index (χ0) is 28.0. The number of carbonyl (C=O) groups excluding carboxylic acids is 4. The molecule has 0 saturated carbocycles. The molecular weight excluding hydrogens is 518 g/mol. The van der Waals surface area contributed by atoms with Gasteiger partial charge < -0.3 is 19.1 Å². The molecule has 2 unspecified atom stereocenters. The molecule has 2 aromatic carbocycles. The summed E-state index contributed by atoms with van der Waals surface area (Å²) in [4.78, 5) is 49.2. The summed E-state index contributed by atoms with van der Waals surface area (Å²) in [5, 5.41) is 0. The number of methoxy groups -OCH3 is 1. The van der Waals surface area contributed by atoms with Crippen molar-refractivity contribution in [3.63, 3.8) is 0 Å². The van der Waals surface area contributed by atoms with Gasteiger partial charge in [-0.15, -0.1) is 0 Å². The number of esters is 3. The van der Waals surface area contributed by atoms with Crippen LogP contribution in [0.4, 0.5) is 0 Å². The molecule has 1 aliphatic rings. The molecule has 0 spiro atoms. The molecule has 38 heavy (non-hydrogen) atoms. The van der Waals surface area contributed by atoms with E-state index in [9.17, 15) is 27.6 Å². The van der Waals surface area contributed by atoms with Gasteiger partial charge in [-0.1, -0.05) is 23.8 Å². The molecule has 12 heteroatoms. The number of nitrogens with zero attached hydrogens (tertiary/aromatic N) is 1. The van der Waals surface area contributed by atoms with Crippen molar-refractivity contribution >= 4 is 40.0 Å². The minimum absolute atomic E-state index is 0.0225. The van der Waals surface area contributed by atoms with E-state index in [1.807, 2.05) is 6.92 Å². The summed E-state index contributed by atoms with van der Waals surface area (Å²) >= 11 is 0. The highest BCUT2D eigenvalue weighted by Gasteiger charge is 2.42. The van der Waals surface area contributed by atoms with E-state index in [2.05, 4.69) is 0 Å². The van der Waals surface area contributed by atoms with Crippen molar-refractivity contribution in [2.45, 2.75) is 44.2 Å². The quantitative estimate of drug-likeness (QED) is 0.210. The Kier molecular flexibility index (Phi) is 9.02. The Bertz CT molecular complexity index is 1360. The summed E-state index contributed by atoms with van der Waals surface area (Å²) in [7, 11) is -2.97. The lowest BCUT2D eigenvalue weighted by Crippen LogP contribution is -2.40. The van der Waals surface area contributed by atoms with Gasteiger partial charge in [-0.3, -0.25) is 18.6 Å². The van der Waals surface area contributed by atoms with Gasteiger partial charge in [-0.25, -0.2) is 4.79 Å². The van der Waals surface area contributed by atoms with Gasteiger partial charge in [0, 0.05) is 32.9 Å². The zero-order valence-electron chi connectivity index (χ0n) is 21.2. The molecule has 2 atom stereocenters. The van der Waals surface area contributed by atoms with E-state index in [1.165, 1.54) is 63.4 Å². The van der Waals surface area contributed by atoms with Crippen molar-refractivity contribution in [3.05, 3.63) is 59.7 Å². The van der Waals surface area contributed by atoms with Crippen LogP contribution in [0.15, 0.2) is 53.4 Å². The average molecular weight is 546 g/mol. The van der Waals surface area contributed by atoms with Crippen molar-refractivity contribution < 1.29 is 46.0 Å². The third kappa shape index (κ3) is 7.26. The second-order valence-corrected chi connectivity index (χ2v) is 10.0. The van der Waals surface area contributed by atoms with Crippen molar-refractivity contribution in [1.29, 1.82) is 0 Å². The van der Waals surface area contributed by atoms with Crippen LogP contribution in [-0.4, -0.2) is 62.9 Å². The first-order valence-corrected chi connectivity index (χ1v) is 12.9. The molecule has 1 fully saturated rings. The van der Waals surface area contributed by atoms with Crippen LogP contribution in [-0.2, 0) is 38.2 Å². The molecule has 202 valence electrons. The standard InChI is InChI=1S/C26H27NO10S/c1-16-5-9-21(10-6-16)38(32,33)37-20-14-22(26(31)34-4)27(15-20)25(30)12-8-19-7-11-23(35-17(2)28)24(13-19)36-18(3)29/h5-13,20,22H,14-15H2,1-4H3/b12-8+. The minimum atomic E-state index is -4.13. The summed E-state index contributed by atoms with van der Waals surface area (Å²) < 4.78 is 45.7. The van der Waals surface area contributed by atoms with Crippen LogP contribution >= 0.6 is 0 Å². The van der Waals surface area contributed by atoms with Gasteiger partial charge in [0.05, 0.1) is 18.1 Å². The zero-order valence-corrected chi connectivity index (χ0v) is 22.0. The first kappa shape index (κ1) is 28.5. The number of likely N-dealkylation sites (tertiary alicyclic amines) is 1. The molecule has 3 rings (SSSR count). The van der Waals surface area contributed by atoms with Crippen molar-refractivity contribution in [2.75, 3.05) is 13.7 Å². The van der Waals surface area contributed by atoms with Gasteiger partial charge in [0.15, 0.2) is 11.5 Å². The number of carbonyl (C=O) groups is 4. The summed E-state index contributed by atoms with van der Waals surface area (Å²) in [5.41, 5.74) is 1.30. The predicted octanol–water partition coefficient (Wildman–Crippen LogP) is 2.41. The van der Waals surface area contributed by atoms with Gasteiger partial charge in [0.25, 0.3) is 10.1 Å². The first-order chi connectivity index (χ1) is 17.9. The summed E-state index contributed by atoms with van der Waals surface area (Å²) in [6.07, 6.45) is 1.52. The van der Waals surface area contributed by atoms with E-state index >= 15 is 0 Å². The number of aryl methyl sites for hydroxylation is 1. The maximum absolute atomic E-state index is 13.0. The molecule has 0 radical (unpaired) electrons. The Morgan fingerprint density at radius 1 is 0.947 bits per heavy atom. The molecule has 1 saturated heterocycles. The third-order valence-corrected chi connectivity index (χ3v) is 6.86. The molecule has 0 bridgehead atoms. The van der Waals surface area contributed by atoms with Crippen molar-refractivity contribution in [1.82, 2.24) is 4.90 Å². The maximum Gasteiger partial charge on any atom is 0.328 e. The lowest BCUT2D eigenvalue weighted by molar-refractivity contribution is -0.149. The maximum atomic E-state index is 13.0. The molecule has 1 amide bonds. The smallest absolute Gasteiger partial charge is 0.328 e. The highest BCUT2D eigenvalue weighted by Crippen LogP contribution is 2.30. The fourth-order valence-electron chi connectivity index (χ4n) is 3.78. The Balaban J connectivity index is 1.79. The van der Waals surface area contributed by atoms with Crippen LogP contribution in [0.25, 0.3) is 6.08 Å². The van der Waals surface area contributed by atoms with Crippen molar-refractivity contribution in [3.8, 4) is 11.5 Å². The Hall–Kier alpha value is -4.03. The highest BCUT2D eigenvalue weighted by molar-refractivity contribution is 7.86. The number of hydrogen-bond donors (Lipinski definition) is 0. The second-order valence-electron chi connectivity index (χ2n) is 8.48. The number of ether oxygens (including phenoxy) is 3. The van der Waals surface area contributed by atoms with E-state index in [4.69, 9.17) is 18.4 Å². The minimum Gasteiger partial charge on any atom is -0.467 e. The largest absolute Gasteiger partial charge is 0.467 e. The van der Waals surface area contributed by atoms with Gasteiger partial charge in [0.1, 0.15) is 6.04 Å². The van der Waals surface area contributed by atoms with Crippen LogP contribution in [0.3, 0.4) is 0 Å². The number of hydrogen-bond acceptors (Lipinski definition) is 10. The van der Waals surface area contributed by atoms with Crippen LogP contribution in [0, 0.1) is 6.92 Å². The van der Waals surface area contributed by atoms with Gasteiger partial charge >= 0.3 is 17.9 Å². The van der Waals surface area contributed by atoms with E-state index in [-0.39, 0.29) is 29.4 Å². The van der Waals surface area contributed by atoms with Crippen LogP contribution in [0.2, 0.25) is 0 Å². The lowest BCUT2D eigenvalue weighted by atomic mass is 10.1. The number of rotatable bonds is 8. The molecule has 11 nitrogen and oxygen atoms in total. The summed E-state index contributed by atoms with van der Waals surface area (Å²) in [5.74, 6) is -2.56. The molecule has 0 aromatic heterocycles. The average Bonchev–Trinajstić information content (AvgIpc) is 3.26. The third-order valence-electron chi connectivity index (χ3n) is 5.48. The molecule has 1 heterocycles. The summed E-state index contributed by atoms with van der Waals surface area (Å²) in [6, 6.07) is 9.36. The molecule has 1 aliphatic heterocycles. The van der Waals surface area contributed by atoms with Gasteiger partial charge in [-0.2, -0.15) is 8.42 Å². The topological polar surface area (TPSA) is 143 Å². The predicted molar refractivity (Wildman–Crippen MR) is 133 cm³/mol. The van der Waals surface area contributed by atoms with Crippen molar-refractivity contribution in [2.24, 2.45) is 0 Å². The van der Waals surface area contributed by atoms with E-state index < -0.39 is 46.1 Å². The lowest BCUT2D eigenvalue weighted by Gasteiger charge is -2.20. The van der Waals surface area contributed by atoms with Crippen LogP contribution in [0.5, 0.6) is 11.5 Å². The second kappa shape index (κ2) is 12.0. The number of benzene rings is 2. The Morgan fingerprint density at radius 3 is 2.18 bits per heavy atom. The van der Waals surface area contributed by atoms with E-state index in [1.54, 1.807) is 12.1 Å². The molecule has 2 aromatic rings. The molecule has 0 aliphatic carbocycles. The van der Waals surface area contributed by atoms with Gasteiger partial charge in [0.2, 0.25) is 5.91 Å². The highest BCUT2D eigenvalue weighted by atomic mass is 32.2. The SMILES string of the molecule is COC(=O)C1CC(OS(=O)(=O)c2ccc(C)cc2)CN1C(=O)/C=C/c1ccc(OC(C)=O)c(OC(C)=O)c1. The molecule has 0 N–H and O–H groups in total. The fraction of sp³-hybridized carbons (Fsp3) is 0.308. The summed E-state index contributed by atoms with van der Waals surface area (Å²) in [6.45, 7) is 4.03. The van der Waals surface area contributed by atoms with Gasteiger partial charge in [-0.05, 0) is 42.8 Å².